The van der Waals surface area contributed by atoms with Gasteiger partial charge in [-0.05, 0) is 49.4 Å². The fourth-order valence-electron chi connectivity index (χ4n) is 4.26. The highest BCUT2D eigenvalue weighted by Gasteiger charge is 2.30. The lowest BCUT2D eigenvalue weighted by Gasteiger charge is -2.34. The van der Waals surface area contributed by atoms with Gasteiger partial charge in [0.1, 0.15) is 11.3 Å². The van der Waals surface area contributed by atoms with E-state index in [4.69, 9.17) is 4.98 Å². The Morgan fingerprint density at radius 2 is 2.00 bits per heavy atom. The number of benzene rings is 2. The molecular weight excluding hydrogens is 438 g/mol. The predicted molar refractivity (Wildman–Crippen MR) is 129 cm³/mol. The molecule has 3 heterocycles. The first-order chi connectivity index (χ1) is 15.7. The fraction of sp³-hybridized carbons (Fsp3) is 0.333. The van der Waals surface area contributed by atoms with Gasteiger partial charge in [0.15, 0.2) is 5.16 Å². The summed E-state index contributed by atoms with van der Waals surface area (Å²) in [5.41, 5.74) is 3.32. The summed E-state index contributed by atoms with van der Waals surface area (Å²) in [4.78, 5) is 20.2. The van der Waals surface area contributed by atoms with Crippen molar-refractivity contribution in [1.29, 1.82) is 0 Å². The smallest absolute Gasteiger partial charge is 0.233 e. The van der Waals surface area contributed by atoms with Crippen LogP contribution in [0.25, 0.3) is 15.9 Å². The zero-order chi connectivity index (χ0) is 21.9. The number of carbonyl (C=O) groups excluding carboxylic acids is 1. The lowest BCUT2D eigenvalue weighted by molar-refractivity contribution is -0.132. The highest BCUT2D eigenvalue weighted by atomic mass is 32.2. The Labute approximate surface area is 195 Å². The Morgan fingerprint density at radius 3 is 2.88 bits per heavy atom. The van der Waals surface area contributed by atoms with Gasteiger partial charge in [-0.25, -0.2) is 4.98 Å². The van der Waals surface area contributed by atoms with Crippen molar-refractivity contribution in [2.75, 3.05) is 12.3 Å². The predicted octanol–water partition coefficient (Wildman–Crippen LogP) is 5.29. The van der Waals surface area contributed by atoms with Crippen molar-refractivity contribution in [2.24, 2.45) is 0 Å². The highest BCUT2D eigenvalue weighted by molar-refractivity contribution is 7.99. The molecule has 1 aliphatic heterocycles. The van der Waals surface area contributed by atoms with Crippen LogP contribution in [0.1, 0.15) is 42.8 Å². The first-order valence-corrected chi connectivity index (χ1v) is 12.8. The molecule has 1 fully saturated rings. The molecule has 1 aliphatic rings. The Hall–Kier alpha value is -2.71. The van der Waals surface area contributed by atoms with Crippen LogP contribution < -0.4 is 0 Å². The van der Waals surface area contributed by atoms with Crippen LogP contribution in [0.15, 0.2) is 60.0 Å². The Kier molecular flexibility index (Phi) is 6.23. The first-order valence-electron chi connectivity index (χ1n) is 11.0. The van der Waals surface area contributed by atoms with Crippen molar-refractivity contribution in [3.8, 4) is 5.69 Å². The van der Waals surface area contributed by atoms with Crippen LogP contribution in [-0.4, -0.2) is 42.9 Å². The zero-order valence-electron chi connectivity index (χ0n) is 18.0. The third-order valence-electron chi connectivity index (χ3n) is 5.89. The number of amides is 1. The fourth-order valence-corrected chi connectivity index (χ4v) is 6.18. The maximum Gasteiger partial charge on any atom is 0.233 e. The van der Waals surface area contributed by atoms with Gasteiger partial charge in [0.05, 0.1) is 27.7 Å². The van der Waals surface area contributed by atoms with Crippen LogP contribution >= 0.6 is 23.1 Å². The number of aromatic nitrogens is 4. The third-order valence-corrected chi connectivity index (χ3v) is 7.96. The van der Waals surface area contributed by atoms with Crippen LogP contribution in [0.5, 0.6) is 0 Å². The maximum absolute atomic E-state index is 13.3. The molecule has 4 aromatic rings. The van der Waals surface area contributed by atoms with Gasteiger partial charge in [0, 0.05) is 6.54 Å². The van der Waals surface area contributed by atoms with E-state index in [1.165, 1.54) is 22.0 Å². The molecule has 6 nitrogen and oxygen atoms in total. The van der Waals surface area contributed by atoms with E-state index in [0.717, 1.165) is 53.6 Å². The molecule has 0 saturated carbocycles. The van der Waals surface area contributed by atoms with Crippen LogP contribution in [0.4, 0.5) is 0 Å². The number of nitrogens with zero attached hydrogens (tertiary/aromatic N) is 5. The molecule has 164 valence electrons. The van der Waals surface area contributed by atoms with Gasteiger partial charge in [-0.1, -0.05) is 49.0 Å². The molecule has 0 N–H and O–H groups in total. The second kappa shape index (κ2) is 9.42. The van der Waals surface area contributed by atoms with Gasteiger partial charge in [-0.2, -0.15) is 0 Å². The maximum atomic E-state index is 13.3. The normalized spacial score (nSPS) is 16.5. The number of para-hydroxylation sites is 2. The summed E-state index contributed by atoms with van der Waals surface area (Å²) in [6.07, 6.45) is 5.79. The summed E-state index contributed by atoms with van der Waals surface area (Å²) >= 11 is 3.16. The summed E-state index contributed by atoms with van der Waals surface area (Å²) in [6.45, 7) is 2.92. The molecule has 1 saturated heterocycles. The van der Waals surface area contributed by atoms with E-state index in [0.29, 0.717) is 5.75 Å². The number of rotatable bonds is 6. The topological polar surface area (TPSA) is 63.9 Å². The van der Waals surface area contributed by atoms with Gasteiger partial charge in [0.2, 0.25) is 5.91 Å². The summed E-state index contributed by atoms with van der Waals surface area (Å²) in [6, 6.07) is 16.5. The molecule has 32 heavy (non-hydrogen) atoms. The Balaban J connectivity index is 1.33. The molecule has 1 atom stereocenters. The van der Waals surface area contributed by atoms with E-state index < -0.39 is 0 Å². The van der Waals surface area contributed by atoms with E-state index in [9.17, 15) is 4.79 Å². The summed E-state index contributed by atoms with van der Waals surface area (Å²) in [7, 11) is 0. The van der Waals surface area contributed by atoms with E-state index in [2.05, 4.69) is 35.3 Å². The third kappa shape index (κ3) is 4.17. The average molecular weight is 464 g/mol. The first kappa shape index (κ1) is 21.2. The molecule has 2 aromatic heterocycles. The monoisotopic (exact) mass is 463 g/mol. The van der Waals surface area contributed by atoms with Crippen molar-refractivity contribution in [2.45, 2.75) is 43.8 Å². The standard InChI is InChI=1S/C24H25N5OS2/c1-2-17-9-3-5-11-19(17)29-16-25-27-24(29)31-15-22(30)28-14-8-7-12-20(28)23-26-18-10-4-6-13-21(18)32-23/h3-6,9-11,13,16,20H,2,7-8,12,14-15H2,1H3. The number of likely N-dealkylation sites (tertiary alicyclic amines) is 1. The summed E-state index contributed by atoms with van der Waals surface area (Å²) in [5, 5.41) is 10.2. The van der Waals surface area contributed by atoms with E-state index >= 15 is 0 Å². The number of hydrogen-bond acceptors (Lipinski definition) is 6. The Morgan fingerprint density at radius 1 is 1.16 bits per heavy atom. The second-order valence-corrected chi connectivity index (χ2v) is 9.88. The van der Waals surface area contributed by atoms with Gasteiger partial charge < -0.3 is 4.90 Å². The molecule has 2 aromatic carbocycles. The average Bonchev–Trinajstić information content (AvgIpc) is 3.49. The van der Waals surface area contributed by atoms with E-state index in [1.54, 1.807) is 17.7 Å². The molecule has 1 amide bonds. The SMILES string of the molecule is CCc1ccccc1-n1cnnc1SCC(=O)N1CCCCC1c1nc2ccccc2s1. The zero-order valence-corrected chi connectivity index (χ0v) is 19.6. The number of thioether (sulfide) groups is 1. The van der Waals surface area contributed by atoms with E-state index in [-0.39, 0.29) is 11.9 Å². The lowest BCUT2D eigenvalue weighted by atomic mass is 10.0. The minimum Gasteiger partial charge on any atom is -0.332 e. The van der Waals surface area contributed by atoms with Crippen molar-refractivity contribution in [1.82, 2.24) is 24.6 Å². The summed E-state index contributed by atoms with van der Waals surface area (Å²) in [5.74, 6) is 0.478. The molecule has 0 aliphatic carbocycles. The molecular formula is C24H25N5OS2. The van der Waals surface area contributed by atoms with Crippen molar-refractivity contribution in [3.63, 3.8) is 0 Å². The van der Waals surface area contributed by atoms with Crippen molar-refractivity contribution < 1.29 is 4.79 Å². The number of piperidine rings is 1. The molecule has 1 unspecified atom stereocenters. The van der Waals surface area contributed by atoms with Crippen LogP contribution in [0, 0.1) is 0 Å². The van der Waals surface area contributed by atoms with Crippen LogP contribution in [0.3, 0.4) is 0 Å². The number of thiazole rings is 1. The molecule has 8 heteroatoms. The summed E-state index contributed by atoms with van der Waals surface area (Å²) < 4.78 is 3.16. The van der Waals surface area contributed by atoms with Gasteiger partial charge in [-0.3, -0.25) is 9.36 Å². The lowest BCUT2D eigenvalue weighted by Crippen LogP contribution is -2.39. The van der Waals surface area contributed by atoms with Crippen molar-refractivity contribution >= 4 is 39.2 Å². The van der Waals surface area contributed by atoms with Crippen molar-refractivity contribution in [3.05, 3.63) is 65.4 Å². The second-order valence-electron chi connectivity index (χ2n) is 7.87. The number of carbonyl (C=O) groups is 1. The highest BCUT2D eigenvalue weighted by Crippen LogP contribution is 2.36. The minimum atomic E-state index is 0.0629. The minimum absolute atomic E-state index is 0.0629. The van der Waals surface area contributed by atoms with Crippen LogP contribution in [0.2, 0.25) is 0 Å². The number of fused-ring (bicyclic) bond motifs is 1. The number of hydrogen-bond donors (Lipinski definition) is 0. The molecule has 0 radical (unpaired) electrons. The molecule has 0 spiro atoms. The molecule has 5 rings (SSSR count). The molecule has 0 bridgehead atoms. The Bertz CT molecular complexity index is 1200. The van der Waals surface area contributed by atoms with Gasteiger partial charge in [0.25, 0.3) is 0 Å². The quantitative estimate of drug-likeness (QED) is 0.364. The van der Waals surface area contributed by atoms with Crippen LogP contribution in [-0.2, 0) is 11.2 Å². The largest absolute Gasteiger partial charge is 0.332 e. The van der Waals surface area contributed by atoms with Gasteiger partial charge in [-0.15, -0.1) is 21.5 Å². The number of aryl methyl sites for hydroxylation is 1. The van der Waals surface area contributed by atoms with Gasteiger partial charge >= 0.3 is 0 Å². The van der Waals surface area contributed by atoms with E-state index in [1.807, 2.05) is 39.8 Å².